The van der Waals surface area contributed by atoms with Crippen LogP contribution in [-0.4, -0.2) is 0 Å². The third-order valence-electron chi connectivity index (χ3n) is 6.61. The van der Waals surface area contributed by atoms with Gasteiger partial charge in [0.05, 0.1) is 6.07 Å². The summed E-state index contributed by atoms with van der Waals surface area (Å²) in [5.41, 5.74) is 1.33. The van der Waals surface area contributed by atoms with Crippen molar-refractivity contribution in [3.05, 3.63) is 47.8 Å². The first kappa shape index (κ1) is 18.2. The van der Waals surface area contributed by atoms with Gasteiger partial charge in [-0.2, -0.15) is 5.26 Å². The Bertz CT molecular complexity index is 582. The van der Waals surface area contributed by atoms with Gasteiger partial charge in [-0.05, 0) is 92.7 Å². The summed E-state index contributed by atoms with van der Waals surface area (Å²) in [5, 5.41) is 8.53. The Morgan fingerprint density at radius 3 is 2.12 bits per heavy atom. The number of rotatable bonds is 5. The van der Waals surface area contributed by atoms with Crippen molar-refractivity contribution in [2.75, 3.05) is 0 Å². The van der Waals surface area contributed by atoms with Gasteiger partial charge in [-0.3, -0.25) is 0 Å². The summed E-state index contributed by atoms with van der Waals surface area (Å²) >= 11 is 0. The normalized spacial score (nSPS) is 30.2. The monoisotopic (exact) mass is 339 g/mol. The minimum absolute atomic E-state index is 0.127. The van der Waals surface area contributed by atoms with E-state index in [0.717, 1.165) is 24.2 Å². The van der Waals surface area contributed by atoms with Crippen molar-refractivity contribution >= 4 is 0 Å². The van der Waals surface area contributed by atoms with Crippen LogP contribution in [-0.2, 0) is 0 Å². The molecule has 0 bridgehead atoms. The van der Waals surface area contributed by atoms with Gasteiger partial charge in [0, 0.05) is 6.08 Å². The molecule has 0 aromatic heterocycles. The van der Waals surface area contributed by atoms with Crippen LogP contribution in [0.2, 0.25) is 0 Å². The number of allylic oxidation sites excluding steroid dienone is 2. The average molecular weight is 339 g/mol. The van der Waals surface area contributed by atoms with E-state index in [2.05, 4.69) is 6.07 Å². The van der Waals surface area contributed by atoms with Crippen molar-refractivity contribution in [3.8, 4) is 6.07 Å². The van der Waals surface area contributed by atoms with Crippen molar-refractivity contribution in [2.45, 2.75) is 70.1 Å². The minimum atomic E-state index is -0.127. The highest BCUT2D eigenvalue weighted by Gasteiger charge is 2.31. The zero-order valence-electron chi connectivity index (χ0n) is 15.2. The van der Waals surface area contributed by atoms with E-state index in [9.17, 15) is 4.39 Å². The number of nitrogens with zero attached hydrogens (tertiary/aromatic N) is 1. The van der Waals surface area contributed by atoms with E-state index in [1.807, 2.05) is 18.2 Å². The van der Waals surface area contributed by atoms with E-state index >= 15 is 0 Å². The van der Waals surface area contributed by atoms with Crippen LogP contribution in [0.5, 0.6) is 0 Å². The van der Waals surface area contributed by atoms with Gasteiger partial charge in [0.2, 0.25) is 0 Å². The Kier molecular flexibility index (Phi) is 6.68. The Labute approximate surface area is 151 Å². The first-order chi connectivity index (χ1) is 12.3. The molecule has 134 valence electrons. The Hall–Kier alpha value is -1.62. The lowest BCUT2D eigenvalue weighted by Gasteiger charge is -2.38. The van der Waals surface area contributed by atoms with Crippen LogP contribution in [0.15, 0.2) is 36.4 Å². The first-order valence-corrected chi connectivity index (χ1v) is 10.1. The number of hydrogen-bond acceptors (Lipinski definition) is 1. The van der Waals surface area contributed by atoms with Crippen LogP contribution in [0.1, 0.15) is 75.7 Å². The van der Waals surface area contributed by atoms with Gasteiger partial charge in [0.25, 0.3) is 0 Å². The summed E-state index contributed by atoms with van der Waals surface area (Å²) in [6.07, 6.45) is 16.7. The number of benzene rings is 1. The number of nitriles is 1. The van der Waals surface area contributed by atoms with Crippen molar-refractivity contribution in [2.24, 2.45) is 17.8 Å². The quantitative estimate of drug-likeness (QED) is 0.543. The summed E-state index contributed by atoms with van der Waals surface area (Å²) < 4.78 is 13.1. The smallest absolute Gasteiger partial charge is 0.123 e. The predicted octanol–water partition coefficient (Wildman–Crippen LogP) is 6.77. The van der Waals surface area contributed by atoms with Gasteiger partial charge in [-0.25, -0.2) is 4.39 Å². The lowest BCUT2D eigenvalue weighted by molar-refractivity contribution is 0.157. The number of halogens is 1. The summed E-state index contributed by atoms with van der Waals surface area (Å²) in [7, 11) is 0. The lowest BCUT2D eigenvalue weighted by atomic mass is 9.68. The molecule has 0 amide bonds. The molecule has 0 heterocycles. The molecule has 0 atom stereocenters. The second-order valence-corrected chi connectivity index (χ2v) is 8.05. The summed E-state index contributed by atoms with van der Waals surface area (Å²) in [6, 6.07) is 9.24. The molecule has 2 saturated carbocycles. The van der Waals surface area contributed by atoms with Gasteiger partial charge in [0.15, 0.2) is 0 Å². The predicted molar refractivity (Wildman–Crippen MR) is 101 cm³/mol. The largest absolute Gasteiger partial charge is 0.207 e. The van der Waals surface area contributed by atoms with E-state index < -0.39 is 0 Å². The summed E-state index contributed by atoms with van der Waals surface area (Å²) in [4.78, 5) is 0. The molecule has 2 fully saturated rings. The van der Waals surface area contributed by atoms with Gasteiger partial charge in [-0.1, -0.05) is 31.1 Å². The highest BCUT2D eigenvalue weighted by molar-refractivity contribution is 5.21. The second kappa shape index (κ2) is 9.18. The van der Waals surface area contributed by atoms with Gasteiger partial charge in [0.1, 0.15) is 5.82 Å². The maximum atomic E-state index is 13.1. The Morgan fingerprint density at radius 1 is 0.920 bits per heavy atom. The highest BCUT2D eigenvalue weighted by atomic mass is 19.1. The van der Waals surface area contributed by atoms with E-state index in [1.165, 1.54) is 63.4 Å². The van der Waals surface area contributed by atoms with E-state index in [0.29, 0.717) is 5.92 Å². The van der Waals surface area contributed by atoms with Crippen molar-refractivity contribution < 1.29 is 4.39 Å². The van der Waals surface area contributed by atoms with E-state index in [1.54, 1.807) is 18.2 Å². The first-order valence-electron chi connectivity index (χ1n) is 10.1. The van der Waals surface area contributed by atoms with Crippen molar-refractivity contribution in [1.29, 1.82) is 5.26 Å². The summed E-state index contributed by atoms with van der Waals surface area (Å²) in [6.45, 7) is 0. The maximum absolute atomic E-state index is 13.1. The average Bonchev–Trinajstić information content (AvgIpc) is 2.67. The molecule has 0 unspecified atom stereocenters. The van der Waals surface area contributed by atoms with E-state index in [4.69, 9.17) is 5.26 Å². The van der Waals surface area contributed by atoms with Crippen LogP contribution in [0.3, 0.4) is 0 Å². The topological polar surface area (TPSA) is 23.8 Å². The van der Waals surface area contributed by atoms with Crippen LogP contribution in [0.25, 0.3) is 0 Å². The third kappa shape index (κ3) is 5.18. The van der Waals surface area contributed by atoms with Gasteiger partial charge >= 0.3 is 0 Å². The minimum Gasteiger partial charge on any atom is -0.207 e. The maximum Gasteiger partial charge on any atom is 0.123 e. The Morgan fingerprint density at radius 2 is 1.52 bits per heavy atom. The zero-order chi connectivity index (χ0) is 17.5. The molecule has 1 aromatic rings. The molecule has 2 aliphatic rings. The highest BCUT2D eigenvalue weighted by Crippen LogP contribution is 2.44. The third-order valence-corrected chi connectivity index (χ3v) is 6.61. The molecule has 0 N–H and O–H groups in total. The zero-order valence-corrected chi connectivity index (χ0v) is 15.2. The fraction of sp³-hybridized carbons (Fsp3) is 0.609. The van der Waals surface area contributed by atoms with Crippen molar-refractivity contribution in [3.63, 3.8) is 0 Å². The molecule has 2 aliphatic carbocycles. The van der Waals surface area contributed by atoms with Crippen LogP contribution < -0.4 is 0 Å². The fourth-order valence-electron chi connectivity index (χ4n) is 5.08. The SMILES string of the molecule is N#C/C=C/CCC1CCC([C@H]2CC[C@H](c3ccc(F)cc3)CC2)CC1. The molecule has 0 aliphatic heterocycles. The van der Waals surface area contributed by atoms with Crippen LogP contribution >= 0.6 is 0 Å². The molecule has 1 nitrogen and oxygen atoms in total. The molecule has 3 rings (SSSR count). The number of hydrogen-bond donors (Lipinski definition) is 0. The van der Waals surface area contributed by atoms with Crippen molar-refractivity contribution in [1.82, 2.24) is 0 Å². The summed E-state index contributed by atoms with van der Waals surface area (Å²) in [5.74, 6) is 3.23. The molecule has 2 heteroatoms. The van der Waals surface area contributed by atoms with Crippen LogP contribution in [0, 0.1) is 34.9 Å². The molecule has 0 radical (unpaired) electrons. The Balaban J connectivity index is 1.40. The van der Waals surface area contributed by atoms with Crippen LogP contribution in [0.4, 0.5) is 4.39 Å². The fourth-order valence-corrected chi connectivity index (χ4v) is 5.08. The van der Waals surface area contributed by atoms with Gasteiger partial charge < -0.3 is 0 Å². The lowest BCUT2D eigenvalue weighted by Crippen LogP contribution is -2.25. The molecular formula is C23H30FN. The standard InChI is InChI=1S/C23H30FN/c24-23-15-13-22(14-16-23)21-11-9-20(10-12-21)19-7-5-18(6-8-19)4-2-1-3-17-25/h1,3,13-16,18-21H,2,4-12H2/b3-1+/t18?,19?,20-,21-. The molecule has 25 heavy (non-hydrogen) atoms. The van der Waals surface area contributed by atoms with Gasteiger partial charge in [-0.15, -0.1) is 0 Å². The molecular weight excluding hydrogens is 309 g/mol. The molecule has 1 aromatic carbocycles. The molecule has 0 saturated heterocycles. The van der Waals surface area contributed by atoms with E-state index in [-0.39, 0.29) is 5.82 Å². The molecule has 0 spiro atoms. The second-order valence-electron chi connectivity index (χ2n) is 8.05.